The lowest BCUT2D eigenvalue weighted by atomic mass is 9.85. The van der Waals surface area contributed by atoms with Gasteiger partial charge in [-0.05, 0) is 19.8 Å². The SMILES string of the molecule is CCNC(=O)CNCC1(O)CCCCC1. The number of carbonyl (C=O) groups excluding carboxylic acids is 1. The van der Waals surface area contributed by atoms with Crippen molar-refractivity contribution in [2.45, 2.75) is 44.6 Å². The Morgan fingerprint density at radius 1 is 1.33 bits per heavy atom. The van der Waals surface area contributed by atoms with Crippen LogP contribution in [-0.2, 0) is 4.79 Å². The van der Waals surface area contributed by atoms with Crippen LogP contribution in [0.15, 0.2) is 0 Å². The summed E-state index contributed by atoms with van der Waals surface area (Å²) in [7, 11) is 0. The van der Waals surface area contributed by atoms with Crippen LogP contribution in [-0.4, -0.2) is 36.2 Å². The second-order valence-electron chi connectivity index (χ2n) is 4.34. The second kappa shape index (κ2) is 6.08. The summed E-state index contributed by atoms with van der Waals surface area (Å²) in [6.07, 6.45) is 5.13. The minimum atomic E-state index is -0.579. The average Bonchev–Trinajstić information content (AvgIpc) is 2.19. The molecule has 0 bridgehead atoms. The Labute approximate surface area is 91.4 Å². The topological polar surface area (TPSA) is 61.4 Å². The third kappa shape index (κ3) is 4.62. The van der Waals surface area contributed by atoms with Crippen molar-refractivity contribution in [1.82, 2.24) is 10.6 Å². The predicted molar refractivity (Wildman–Crippen MR) is 59.6 cm³/mol. The molecule has 3 N–H and O–H groups in total. The van der Waals surface area contributed by atoms with Crippen molar-refractivity contribution in [1.29, 1.82) is 0 Å². The molecule has 0 radical (unpaired) electrons. The standard InChI is InChI=1S/C11H22N2O2/c1-2-13-10(14)8-12-9-11(15)6-4-3-5-7-11/h12,15H,2-9H2,1H3,(H,13,14). The Balaban J connectivity index is 2.15. The molecule has 88 valence electrons. The van der Waals surface area contributed by atoms with Gasteiger partial charge in [-0.15, -0.1) is 0 Å². The minimum Gasteiger partial charge on any atom is -0.389 e. The highest BCUT2D eigenvalue weighted by molar-refractivity contribution is 5.77. The summed E-state index contributed by atoms with van der Waals surface area (Å²) in [5, 5.41) is 15.9. The molecule has 1 aliphatic rings. The molecule has 0 spiro atoms. The molecular weight excluding hydrogens is 192 g/mol. The third-order valence-electron chi connectivity index (χ3n) is 2.90. The van der Waals surface area contributed by atoms with Crippen molar-refractivity contribution >= 4 is 5.91 Å². The van der Waals surface area contributed by atoms with Crippen molar-refractivity contribution < 1.29 is 9.90 Å². The Morgan fingerprint density at radius 2 is 2.00 bits per heavy atom. The maximum absolute atomic E-state index is 11.1. The zero-order valence-electron chi connectivity index (χ0n) is 9.51. The Hall–Kier alpha value is -0.610. The van der Waals surface area contributed by atoms with E-state index >= 15 is 0 Å². The molecule has 0 saturated heterocycles. The maximum atomic E-state index is 11.1. The van der Waals surface area contributed by atoms with E-state index in [0.717, 1.165) is 25.7 Å². The zero-order valence-corrected chi connectivity index (χ0v) is 9.51. The molecule has 0 heterocycles. The van der Waals surface area contributed by atoms with Crippen LogP contribution in [0.25, 0.3) is 0 Å². The molecule has 0 unspecified atom stereocenters. The fourth-order valence-electron chi connectivity index (χ4n) is 2.06. The molecule has 0 aromatic carbocycles. The molecule has 0 atom stereocenters. The Bertz CT molecular complexity index is 201. The van der Waals surface area contributed by atoms with Gasteiger partial charge in [-0.2, -0.15) is 0 Å². The number of hydrogen-bond acceptors (Lipinski definition) is 3. The number of rotatable bonds is 5. The monoisotopic (exact) mass is 214 g/mol. The summed E-state index contributed by atoms with van der Waals surface area (Å²) in [5.41, 5.74) is -0.579. The van der Waals surface area contributed by atoms with E-state index in [2.05, 4.69) is 10.6 Å². The van der Waals surface area contributed by atoms with Crippen molar-refractivity contribution in [2.75, 3.05) is 19.6 Å². The molecule has 0 aromatic heterocycles. The molecule has 4 heteroatoms. The largest absolute Gasteiger partial charge is 0.389 e. The quantitative estimate of drug-likeness (QED) is 0.621. The summed E-state index contributed by atoms with van der Waals surface area (Å²) in [4.78, 5) is 11.1. The van der Waals surface area contributed by atoms with Gasteiger partial charge in [0.25, 0.3) is 0 Å². The van der Waals surface area contributed by atoms with E-state index in [1.807, 2.05) is 6.92 Å². The van der Waals surface area contributed by atoms with E-state index in [1.165, 1.54) is 6.42 Å². The van der Waals surface area contributed by atoms with E-state index in [4.69, 9.17) is 0 Å². The fourth-order valence-corrected chi connectivity index (χ4v) is 2.06. The van der Waals surface area contributed by atoms with E-state index in [0.29, 0.717) is 19.6 Å². The molecule has 0 aliphatic heterocycles. The lowest BCUT2D eigenvalue weighted by Gasteiger charge is -2.32. The van der Waals surface area contributed by atoms with E-state index in [9.17, 15) is 9.90 Å². The number of nitrogens with one attached hydrogen (secondary N) is 2. The first-order chi connectivity index (χ1) is 7.16. The van der Waals surface area contributed by atoms with Crippen LogP contribution < -0.4 is 10.6 Å². The first-order valence-electron chi connectivity index (χ1n) is 5.86. The molecule has 1 saturated carbocycles. The normalized spacial score (nSPS) is 19.9. The summed E-state index contributed by atoms with van der Waals surface area (Å²) in [5.74, 6) is -0.00286. The highest BCUT2D eigenvalue weighted by Gasteiger charge is 2.28. The number of carbonyl (C=O) groups is 1. The summed E-state index contributed by atoms with van der Waals surface area (Å²) in [6.45, 7) is 3.39. The molecule has 15 heavy (non-hydrogen) atoms. The number of amides is 1. The van der Waals surface area contributed by atoms with Crippen molar-refractivity contribution in [3.05, 3.63) is 0 Å². The van der Waals surface area contributed by atoms with Gasteiger partial charge >= 0.3 is 0 Å². The van der Waals surface area contributed by atoms with E-state index in [1.54, 1.807) is 0 Å². The first kappa shape index (κ1) is 12.5. The minimum absolute atomic E-state index is 0.00286. The molecule has 1 amide bonds. The molecule has 0 aromatic rings. The van der Waals surface area contributed by atoms with Crippen molar-refractivity contribution in [3.8, 4) is 0 Å². The molecule has 1 rings (SSSR count). The highest BCUT2D eigenvalue weighted by Crippen LogP contribution is 2.27. The smallest absolute Gasteiger partial charge is 0.233 e. The van der Waals surface area contributed by atoms with Gasteiger partial charge in [-0.25, -0.2) is 0 Å². The van der Waals surface area contributed by atoms with Crippen LogP contribution in [0.5, 0.6) is 0 Å². The summed E-state index contributed by atoms with van der Waals surface area (Å²) in [6, 6.07) is 0. The average molecular weight is 214 g/mol. The number of likely N-dealkylation sites (N-methyl/N-ethyl adjacent to an activating group) is 1. The van der Waals surface area contributed by atoms with Crippen molar-refractivity contribution in [3.63, 3.8) is 0 Å². The maximum Gasteiger partial charge on any atom is 0.233 e. The van der Waals surface area contributed by atoms with Gasteiger partial charge in [-0.3, -0.25) is 4.79 Å². The summed E-state index contributed by atoms with van der Waals surface area (Å²) >= 11 is 0. The van der Waals surface area contributed by atoms with Gasteiger partial charge in [-0.1, -0.05) is 19.3 Å². The molecule has 1 aliphatic carbocycles. The third-order valence-corrected chi connectivity index (χ3v) is 2.90. The van der Waals surface area contributed by atoms with Gasteiger partial charge in [0.2, 0.25) is 5.91 Å². The van der Waals surface area contributed by atoms with Gasteiger partial charge in [0, 0.05) is 13.1 Å². The molecule has 1 fully saturated rings. The van der Waals surface area contributed by atoms with Gasteiger partial charge in [0.1, 0.15) is 0 Å². The fraction of sp³-hybridized carbons (Fsp3) is 0.909. The van der Waals surface area contributed by atoms with Crippen LogP contribution in [0.2, 0.25) is 0 Å². The summed E-state index contributed by atoms with van der Waals surface area (Å²) < 4.78 is 0. The lowest BCUT2D eigenvalue weighted by Crippen LogP contribution is -2.45. The van der Waals surface area contributed by atoms with Crippen LogP contribution in [0.4, 0.5) is 0 Å². The van der Waals surface area contributed by atoms with Crippen LogP contribution >= 0.6 is 0 Å². The number of hydrogen-bond donors (Lipinski definition) is 3. The van der Waals surface area contributed by atoms with E-state index < -0.39 is 5.60 Å². The van der Waals surface area contributed by atoms with Gasteiger partial charge < -0.3 is 15.7 Å². The number of aliphatic hydroxyl groups is 1. The lowest BCUT2D eigenvalue weighted by molar-refractivity contribution is -0.120. The first-order valence-corrected chi connectivity index (χ1v) is 5.86. The molecule has 4 nitrogen and oxygen atoms in total. The second-order valence-corrected chi connectivity index (χ2v) is 4.34. The predicted octanol–water partition coefficient (Wildman–Crippen LogP) is 0.407. The van der Waals surface area contributed by atoms with Crippen molar-refractivity contribution in [2.24, 2.45) is 0 Å². The van der Waals surface area contributed by atoms with Crippen LogP contribution in [0.1, 0.15) is 39.0 Å². The van der Waals surface area contributed by atoms with Gasteiger partial charge in [0.15, 0.2) is 0 Å². The van der Waals surface area contributed by atoms with Crippen LogP contribution in [0, 0.1) is 0 Å². The Kier molecular flexibility index (Phi) is 5.05. The van der Waals surface area contributed by atoms with Crippen LogP contribution in [0.3, 0.4) is 0 Å². The highest BCUT2D eigenvalue weighted by atomic mass is 16.3. The van der Waals surface area contributed by atoms with E-state index in [-0.39, 0.29) is 5.91 Å². The zero-order chi connectivity index (χ0) is 11.1. The Morgan fingerprint density at radius 3 is 2.60 bits per heavy atom. The molecular formula is C11H22N2O2. The van der Waals surface area contributed by atoms with Gasteiger partial charge in [0.05, 0.1) is 12.1 Å².